The van der Waals surface area contributed by atoms with Crippen LogP contribution in [0.1, 0.15) is 30.9 Å². The average Bonchev–Trinajstić information content (AvgIpc) is 2.48. The fourth-order valence-electron chi connectivity index (χ4n) is 2.83. The van der Waals surface area contributed by atoms with E-state index in [1.165, 1.54) is 12.0 Å². The molecule has 21 heavy (non-hydrogen) atoms. The van der Waals surface area contributed by atoms with Crippen LogP contribution in [-0.2, 0) is 11.3 Å². The molecule has 1 atom stereocenters. The van der Waals surface area contributed by atoms with E-state index in [-0.39, 0.29) is 0 Å². The Bertz CT molecular complexity index is 491. The second-order valence-electron chi connectivity index (χ2n) is 5.35. The lowest BCUT2D eigenvalue weighted by Crippen LogP contribution is -2.39. The smallest absolute Gasteiger partial charge is 0.129 e. The second kappa shape index (κ2) is 7.73. The molecule has 1 fully saturated rings. The van der Waals surface area contributed by atoms with E-state index in [0.717, 1.165) is 44.0 Å². The lowest BCUT2D eigenvalue weighted by molar-refractivity contribution is 0.00363. The largest absolute Gasteiger partial charge is 0.496 e. The van der Waals surface area contributed by atoms with Crippen LogP contribution in [0.3, 0.4) is 0 Å². The Kier molecular flexibility index (Phi) is 5.96. The van der Waals surface area contributed by atoms with Gasteiger partial charge in [0, 0.05) is 19.7 Å². The van der Waals surface area contributed by atoms with Crippen LogP contribution in [-0.4, -0.2) is 42.8 Å². The van der Waals surface area contributed by atoms with E-state index >= 15 is 0 Å². The van der Waals surface area contributed by atoms with Crippen LogP contribution >= 0.6 is 12.2 Å². The van der Waals surface area contributed by atoms with E-state index in [1.54, 1.807) is 7.11 Å². The van der Waals surface area contributed by atoms with Gasteiger partial charge in [0.2, 0.25) is 0 Å². The maximum absolute atomic E-state index is 5.77. The Morgan fingerprint density at radius 3 is 2.95 bits per heavy atom. The highest BCUT2D eigenvalue weighted by Crippen LogP contribution is 2.22. The lowest BCUT2D eigenvalue weighted by Gasteiger charge is -2.32. The maximum atomic E-state index is 5.77. The number of hydrogen-bond donors (Lipinski definition) is 1. The molecule has 2 N–H and O–H groups in total. The molecule has 1 unspecified atom stereocenters. The van der Waals surface area contributed by atoms with Crippen molar-refractivity contribution in [1.82, 2.24) is 4.90 Å². The third kappa shape index (κ3) is 4.40. The van der Waals surface area contributed by atoms with Gasteiger partial charge in [-0.25, -0.2) is 0 Å². The molecular weight excluding hydrogens is 284 g/mol. The summed E-state index contributed by atoms with van der Waals surface area (Å²) in [6.07, 6.45) is 2.70. The van der Waals surface area contributed by atoms with Gasteiger partial charge in [0.15, 0.2) is 0 Å². The van der Waals surface area contributed by atoms with E-state index in [1.807, 2.05) is 12.1 Å². The van der Waals surface area contributed by atoms with Crippen LogP contribution in [0.15, 0.2) is 18.2 Å². The predicted octanol–water partition coefficient (Wildman–Crippen LogP) is 2.33. The molecule has 1 aromatic carbocycles. The summed E-state index contributed by atoms with van der Waals surface area (Å²) >= 11 is 5.10. The van der Waals surface area contributed by atoms with Crippen molar-refractivity contribution in [2.24, 2.45) is 5.73 Å². The highest BCUT2D eigenvalue weighted by molar-refractivity contribution is 7.80. The summed E-state index contributed by atoms with van der Waals surface area (Å²) in [5.74, 6) is 0.733. The Labute approximate surface area is 132 Å². The molecule has 0 aromatic heterocycles. The second-order valence-corrected chi connectivity index (χ2v) is 5.79. The van der Waals surface area contributed by atoms with Gasteiger partial charge in [0.1, 0.15) is 10.7 Å². The van der Waals surface area contributed by atoms with Crippen molar-refractivity contribution in [3.05, 3.63) is 29.3 Å². The number of piperidine rings is 1. The first-order chi connectivity index (χ1) is 10.1. The van der Waals surface area contributed by atoms with Crippen LogP contribution in [0.25, 0.3) is 0 Å². The number of ether oxygens (including phenoxy) is 2. The monoisotopic (exact) mass is 308 g/mol. The molecule has 4 nitrogen and oxygen atoms in total. The fourth-order valence-corrected chi connectivity index (χ4v) is 2.99. The first-order valence-corrected chi connectivity index (χ1v) is 7.85. The van der Waals surface area contributed by atoms with Crippen molar-refractivity contribution in [1.29, 1.82) is 0 Å². The summed E-state index contributed by atoms with van der Waals surface area (Å²) in [5, 5.41) is 0. The number of rotatable bonds is 6. The van der Waals surface area contributed by atoms with E-state index in [9.17, 15) is 0 Å². The summed E-state index contributed by atoms with van der Waals surface area (Å²) in [7, 11) is 1.63. The third-order valence-electron chi connectivity index (χ3n) is 3.80. The molecule has 1 saturated heterocycles. The Balaban J connectivity index is 2.05. The number of nitrogens with two attached hydrogens (primary N) is 1. The van der Waals surface area contributed by atoms with Gasteiger partial charge in [-0.2, -0.15) is 0 Å². The summed E-state index contributed by atoms with van der Waals surface area (Å²) in [5.41, 5.74) is 7.78. The Hall–Kier alpha value is -1.17. The molecule has 0 bridgehead atoms. The summed E-state index contributed by atoms with van der Waals surface area (Å²) in [6.45, 7) is 5.83. The van der Waals surface area contributed by atoms with Crippen LogP contribution in [0.5, 0.6) is 5.75 Å². The molecular formula is C16H24N2O2S. The average molecular weight is 308 g/mol. The zero-order valence-corrected chi connectivity index (χ0v) is 13.6. The minimum Gasteiger partial charge on any atom is -0.496 e. The van der Waals surface area contributed by atoms with E-state index in [4.69, 9.17) is 27.4 Å². The van der Waals surface area contributed by atoms with Gasteiger partial charge in [0.25, 0.3) is 0 Å². The third-order valence-corrected chi connectivity index (χ3v) is 4.02. The molecule has 116 valence electrons. The van der Waals surface area contributed by atoms with Gasteiger partial charge in [-0.1, -0.05) is 18.3 Å². The van der Waals surface area contributed by atoms with Crippen molar-refractivity contribution in [2.75, 3.05) is 26.8 Å². The Morgan fingerprint density at radius 1 is 1.48 bits per heavy atom. The molecule has 1 aromatic rings. The molecule has 2 rings (SSSR count). The van der Waals surface area contributed by atoms with Crippen LogP contribution < -0.4 is 10.5 Å². The molecule has 1 heterocycles. The van der Waals surface area contributed by atoms with Gasteiger partial charge in [-0.05, 0) is 44.0 Å². The van der Waals surface area contributed by atoms with Crippen LogP contribution in [0.2, 0.25) is 0 Å². The summed E-state index contributed by atoms with van der Waals surface area (Å²) in [4.78, 5) is 2.80. The molecule has 0 spiro atoms. The topological polar surface area (TPSA) is 47.7 Å². The Morgan fingerprint density at radius 2 is 2.29 bits per heavy atom. The highest BCUT2D eigenvalue weighted by atomic mass is 32.1. The minimum atomic E-state index is 0.358. The normalized spacial score (nSPS) is 19.4. The first kappa shape index (κ1) is 16.2. The van der Waals surface area contributed by atoms with Gasteiger partial charge in [-0.3, -0.25) is 4.90 Å². The standard InChI is InChI=1S/C16H24N2O2S/c1-3-20-13-5-4-8-18(11-13)10-12-6-7-15(19-2)14(9-12)16(17)21/h6-7,9,13H,3-5,8,10-11H2,1-2H3,(H2,17,21). The van der Waals surface area contributed by atoms with Crippen LogP contribution in [0.4, 0.5) is 0 Å². The summed E-state index contributed by atoms with van der Waals surface area (Å²) in [6, 6.07) is 6.05. The lowest BCUT2D eigenvalue weighted by atomic mass is 10.1. The SMILES string of the molecule is CCOC1CCCN(Cc2ccc(OC)c(C(N)=S)c2)C1. The molecule has 0 saturated carbocycles. The molecule has 1 aliphatic heterocycles. The summed E-state index contributed by atoms with van der Waals surface area (Å²) < 4.78 is 11.0. The minimum absolute atomic E-state index is 0.358. The van der Waals surface area contributed by atoms with E-state index in [0.29, 0.717) is 11.1 Å². The molecule has 0 aliphatic carbocycles. The van der Waals surface area contributed by atoms with Crippen LogP contribution in [0, 0.1) is 0 Å². The van der Waals surface area contributed by atoms with Gasteiger partial charge in [0.05, 0.1) is 18.8 Å². The number of nitrogens with zero attached hydrogens (tertiary/aromatic N) is 1. The van der Waals surface area contributed by atoms with Crippen molar-refractivity contribution in [3.8, 4) is 5.75 Å². The molecule has 1 aliphatic rings. The fraction of sp³-hybridized carbons (Fsp3) is 0.562. The first-order valence-electron chi connectivity index (χ1n) is 7.44. The molecule has 0 amide bonds. The zero-order valence-electron chi connectivity index (χ0n) is 12.8. The number of thiocarbonyl (C=S) groups is 1. The van der Waals surface area contributed by atoms with E-state index < -0.39 is 0 Å². The van der Waals surface area contributed by atoms with Crippen molar-refractivity contribution in [3.63, 3.8) is 0 Å². The predicted molar refractivity (Wildman–Crippen MR) is 88.8 cm³/mol. The quantitative estimate of drug-likeness (QED) is 0.817. The molecule has 0 radical (unpaired) electrons. The number of methoxy groups -OCH3 is 1. The molecule has 5 heteroatoms. The van der Waals surface area contributed by atoms with Gasteiger partial charge < -0.3 is 15.2 Å². The van der Waals surface area contributed by atoms with E-state index in [2.05, 4.69) is 17.9 Å². The van der Waals surface area contributed by atoms with Gasteiger partial charge >= 0.3 is 0 Å². The van der Waals surface area contributed by atoms with Crippen molar-refractivity contribution in [2.45, 2.75) is 32.4 Å². The number of likely N-dealkylation sites (tertiary alicyclic amines) is 1. The number of benzene rings is 1. The van der Waals surface area contributed by atoms with Gasteiger partial charge in [-0.15, -0.1) is 0 Å². The maximum Gasteiger partial charge on any atom is 0.129 e. The van der Waals surface area contributed by atoms with Crippen molar-refractivity contribution >= 4 is 17.2 Å². The number of hydrogen-bond acceptors (Lipinski definition) is 4. The zero-order chi connectivity index (χ0) is 15.2. The highest BCUT2D eigenvalue weighted by Gasteiger charge is 2.20. The van der Waals surface area contributed by atoms with Crippen molar-refractivity contribution < 1.29 is 9.47 Å².